The Morgan fingerprint density at radius 1 is 1.04 bits per heavy atom. The second-order valence-corrected chi connectivity index (χ2v) is 6.79. The van der Waals surface area contributed by atoms with Gasteiger partial charge in [-0.2, -0.15) is 0 Å². The lowest BCUT2D eigenvalue weighted by atomic mass is 10.1. The van der Waals surface area contributed by atoms with Crippen LogP contribution in [0.15, 0.2) is 42.5 Å². The number of ether oxygens (including phenoxy) is 1. The Morgan fingerprint density at radius 2 is 1.81 bits per heavy atom. The van der Waals surface area contributed by atoms with Crippen molar-refractivity contribution in [1.82, 2.24) is 10.2 Å². The minimum Gasteiger partial charge on any atom is -0.454 e. The van der Waals surface area contributed by atoms with Crippen LogP contribution in [0.2, 0.25) is 0 Å². The summed E-state index contributed by atoms with van der Waals surface area (Å²) in [5.74, 6) is -1.05. The van der Waals surface area contributed by atoms with Gasteiger partial charge in [0.2, 0.25) is 0 Å². The van der Waals surface area contributed by atoms with E-state index in [1.165, 1.54) is 6.07 Å². The first kappa shape index (κ1) is 17.0. The lowest BCUT2D eigenvalue weighted by Crippen LogP contribution is -2.42. The number of nitrogens with one attached hydrogen (secondary N) is 1. The molecular formula is C20H20F2N2O2. The van der Waals surface area contributed by atoms with Crippen molar-refractivity contribution in [2.75, 3.05) is 13.1 Å². The van der Waals surface area contributed by atoms with E-state index in [4.69, 9.17) is 4.74 Å². The van der Waals surface area contributed by atoms with Gasteiger partial charge in [0.15, 0.2) is 11.6 Å². The molecule has 2 atom stereocenters. The van der Waals surface area contributed by atoms with Gasteiger partial charge in [-0.15, -0.1) is 0 Å². The number of benzene rings is 2. The van der Waals surface area contributed by atoms with Gasteiger partial charge in [0.05, 0.1) is 0 Å². The summed E-state index contributed by atoms with van der Waals surface area (Å²) in [5, 5.41) is 3.38. The molecule has 4 nitrogen and oxygen atoms in total. The van der Waals surface area contributed by atoms with Crippen LogP contribution in [0.1, 0.15) is 29.6 Å². The molecule has 2 saturated heterocycles. The average molecular weight is 358 g/mol. The van der Waals surface area contributed by atoms with Crippen LogP contribution in [0.4, 0.5) is 8.78 Å². The van der Waals surface area contributed by atoms with E-state index in [0.717, 1.165) is 44.5 Å². The van der Waals surface area contributed by atoms with Crippen LogP contribution in [0.5, 0.6) is 11.5 Å². The number of halogens is 2. The summed E-state index contributed by atoms with van der Waals surface area (Å²) < 4.78 is 32.1. The Bertz CT molecular complexity index is 796. The molecule has 0 saturated carbocycles. The normalized spacial score (nSPS) is 22.2. The molecule has 6 heteroatoms. The second kappa shape index (κ2) is 7.03. The van der Waals surface area contributed by atoms with E-state index < -0.39 is 11.6 Å². The van der Waals surface area contributed by atoms with Crippen LogP contribution >= 0.6 is 0 Å². The maximum atomic E-state index is 13.7. The number of nitrogens with zero attached hydrogens (tertiary/aromatic N) is 1. The van der Waals surface area contributed by atoms with Crippen molar-refractivity contribution in [3.63, 3.8) is 0 Å². The van der Waals surface area contributed by atoms with Crippen molar-refractivity contribution in [1.29, 1.82) is 0 Å². The number of fused-ring (bicyclic) bond motifs is 2. The third-order valence-electron chi connectivity index (χ3n) is 5.11. The predicted molar refractivity (Wildman–Crippen MR) is 93.3 cm³/mol. The molecule has 0 aliphatic carbocycles. The highest BCUT2D eigenvalue weighted by Crippen LogP contribution is 2.30. The fourth-order valence-electron chi connectivity index (χ4n) is 3.81. The number of hydrogen-bond acceptors (Lipinski definition) is 3. The topological polar surface area (TPSA) is 41.6 Å². The summed E-state index contributed by atoms with van der Waals surface area (Å²) in [6, 6.07) is 10.3. The molecule has 0 spiro atoms. The van der Waals surface area contributed by atoms with Crippen LogP contribution in [-0.4, -0.2) is 36.0 Å². The smallest absolute Gasteiger partial charge is 0.254 e. The summed E-state index contributed by atoms with van der Waals surface area (Å²) in [4.78, 5) is 14.9. The molecular weight excluding hydrogens is 338 g/mol. The first-order valence-electron chi connectivity index (χ1n) is 8.88. The van der Waals surface area contributed by atoms with Crippen molar-refractivity contribution in [3.8, 4) is 11.5 Å². The summed E-state index contributed by atoms with van der Waals surface area (Å²) >= 11 is 0. The van der Waals surface area contributed by atoms with Crippen molar-refractivity contribution < 1.29 is 18.3 Å². The number of carbonyl (C=O) groups is 1. The van der Waals surface area contributed by atoms with Crippen LogP contribution in [0, 0.1) is 11.6 Å². The van der Waals surface area contributed by atoms with E-state index in [-0.39, 0.29) is 17.7 Å². The third-order valence-corrected chi connectivity index (χ3v) is 5.11. The van der Waals surface area contributed by atoms with Gasteiger partial charge >= 0.3 is 0 Å². The molecule has 2 aliphatic rings. The van der Waals surface area contributed by atoms with Gasteiger partial charge < -0.3 is 15.0 Å². The molecule has 2 aliphatic heterocycles. The van der Waals surface area contributed by atoms with Crippen LogP contribution < -0.4 is 10.1 Å². The van der Waals surface area contributed by atoms with Crippen molar-refractivity contribution in [2.24, 2.45) is 0 Å². The van der Waals surface area contributed by atoms with Gasteiger partial charge in [-0.25, -0.2) is 8.78 Å². The molecule has 2 aromatic rings. The van der Waals surface area contributed by atoms with E-state index in [2.05, 4.69) is 5.32 Å². The molecule has 26 heavy (non-hydrogen) atoms. The molecule has 0 aromatic heterocycles. The molecule has 2 unspecified atom stereocenters. The molecule has 2 aromatic carbocycles. The zero-order valence-corrected chi connectivity index (χ0v) is 14.3. The molecule has 0 radical (unpaired) electrons. The van der Waals surface area contributed by atoms with Crippen molar-refractivity contribution in [2.45, 2.75) is 31.3 Å². The molecule has 2 bridgehead atoms. The van der Waals surface area contributed by atoms with E-state index >= 15 is 0 Å². The van der Waals surface area contributed by atoms with Crippen LogP contribution in [0.3, 0.4) is 0 Å². The number of amides is 1. The Balaban J connectivity index is 1.49. The largest absolute Gasteiger partial charge is 0.454 e. The minimum atomic E-state index is -0.765. The van der Waals surface area contributed by atoms with E-state index in [9.17, 15) is 13.6 Å². The van der Waals surface area contributed by atoms with Crippen molar-refractivity contribution >= 4 is 5.91 Å². The van der Waals surface area contributed by atoms with E-state index in [0.29, 0.717) is 17.4 Å². The SMILES string of the molecule is O=C(c1ccc(Oc2ccc(F)cc2F)cc1)N1C2CCNCC1CC2. The summed E-state index contributed by atoms with van der Waals surface area (Å²) in [7, 11) is 0. The lowest BCUT2D eigenvalue weighted by Gasteiger charge is -2.28. The summed E-state index contributed by atoms with van der Waals surface area (Å²) in [5.41, 5.74) is 0.593. The highest BCUT2D eigenvalue weighted by Gasteiger charge is 2.38. The van der Waals surface area contributed by atoms with Gasteiger partial charge in [-0.1, -0.05) is 0 Å². The number of hydrogen-bond donors (Lipinski definition) is 1. The van der Waals surface area contributed by atoms with E-state index in [1.54, 1.807) is 24.3 Å². The van der Waals surface area contributed by atoms with Crippen molar-refractivity contribution in [3.05, 3.63) is 59.7 Å². The number of rotatable bonds is 3. The van der Waals surface area contributed by atoms with Gasteiger partial charge in [-0.05, 0) is 62.2 Å². The van der Waals surface area contributed by atoms with Gasteiger partial charge in [0, 0.05) is 30.3 Å². The first-order valence-corrected chi connectivity index (χ1v) is 8.88. The Labute approximate surface area is 150 Å². The molecule has 1 amide bonds. The predicted octanol–water partition coefficient (Wildman–Crippen LogP) is 3.72. The highest BCUT2D eigenvalue weighted by atomic mass is 19.1. The third kappa shape index (κ3) is 3.29. The molecule has 2 heterocycles. The quantitative estimate of drug-likeness (QED) is 0.909. The van der Waals surface area contributed by atoms with Crippen LogP contribution in [0.25, 0.3) is 0 Å². The highest BCUT2D eigenvalue weighted by molar-refractivity contribution is 5.95. The lowest BCUT2D eigenvalue weighted by molar-refractivity contribution is 0.0680. The average Bonchev–Trinajstić information content (AvgIpc) is 2.90. The maximum absolute atomic E-state index is 13.7. The fourth-order valence-corrected chi connectivity index (χ4v) is 3.81. The molecule has 136 valence electrons. The zero-order valence-electron chi connectivity index (χ0n) is 14.3. The van der Waals surface area contributed by atoms with Gasteiger partial charge in [0.1, 0.15) is 11.6 Å². The minimum absolute atomic E-state index is 0.0284. The molecule has 4 rings (SSSR count). The molecule has 2 fully saturated rings. The Kier molecular flexibility index (Phi) is 4.59. The zero-order chi connectivity index (χ0) is 18.1. The van der Waals surface area contributed by atoms with Crippen LogP contribution in [-0.2, 0) is 0 Å². The monoisotopic (exact) mass is 358 g/mol. The standard InChI is InChI=1S/C20H20F2N2O2/c21-14-3-8-19(18(22)11-14)26-17-6-1-13(2-7-17)20(25)24-15-4-5-16(24)12-23-10-9-15/h1-3,6-8,11,15-16,23H,4-5,9-10,12H2. The summed E-state index contributed by atoms with van der Waals surface area (Å²) in [6.07, 6.45) is 3.07. The Hall–Kier alpha value is -2.47. The maximum Gasteiger partial charge on any atom is 0.254 e. The molecule has 1 N–H and O–H groups in total. The fraction of sp³-hybridized carbons (Fsp3) is 0.350. The van der Waals surface area contributed by atoms with E-state index in [1.807, 2.05) is 4.90 Å². The summed E-state index contributed by atoms with van der Waals surface area (Å²) in [6.45, 7) is 1.79. The van der Waals surface area contributed by atoms with Gasteiger partial charge in [0.25, 0.3) is 5.91 Å². The van der Waals surface area contributed by atoms with Gasteiger partial charge in [-0.3, -0.25) is 4.79 Å². The second-order valence-electron chi connectivity index (χ2n) is 6.79. The number of carbonyl (C=O) groups excluding carboxylic acids is 1. The first-order chi connectivity index (χ1) is 12.6. The Morgan fingerprint density at radius 3 is 2.58 bits per heavy atom.